The molecule has 4 nitrogen and oxygen atoms in total. The van der Waals surface area contributed by atoms with E-state index in [1.165, 1.54) is 0 Å². The van der Waals surface area contributed by atoms with Gasteiger partial charge >= 0.3 is 0 Å². The first kappa shape index (κ1) is 16.0. The molecule has 3 rings (SSSR count). The Bertz CT molecular complexity index is 860. The lowest BCUT2D eigenvalue weighted by Gasteiger charge is -2.26. The van der Waals surface area contributed by atoms with E-state index < -0.39 is 0 Å². The van der Waals surface area contributed by atoms with Crippen molar-refractivity contribution in [3.63, 3.8) is 0 Å². The summed E-state index contributed by atoms with van der Waals surface area (Å²) < 4.78 is 5.22. The maximum atomic E-state index is 13.0. The molecule has 0 N–H and O–H groups in total. The van der Waals surface area contributed by atoms with E-state index in [-0.39, 0.29) is 11.9 Å². The largest absolute Gasteiger partial charge is 0.497 e. The highest BCUT2D eigenvalue weighted by molar-refractivity contribution is 6.06. The number of hydrogen-bond donors (Lipinski definition) is 0. The van der Waals surface area contributed by atoms with Crippen LogP contribution < -0.4 is 9.64 Å². The van der Waals surface area contributed by atoms with Gasteiger partial charge in [0.05, 0.1) is 12.6 Å². The lowest BCUT2D eigenvalue weighted by Crippen LogP contribution is -2.37. The van der Waals surface area contributed by atoms with Crippen LogP contribution in [-0.2, 0) is 0 Å². The number of benzene rings is 2. The summed E-state index contributed by atoms with van der Waals surface area (Å²) in [5.74, 6) is 0.672. The summed E-state index contributed by atoms with van der Waals surface area (Å²) in [4.78, 5) is 19.3. The van der Waals surface area contributed by atoms with Crippen molar-refractivity contribution < 1.29 is 9.53 Å². The van der Waals surface area contributed by atoms with Gasteiger partial charge in [-0.15, -0.1) is 0 Å². The molecule has 0 fully saturated rings. The van der Waals surface area contributed by atoms with Crippen molar-refractivity contribution in [1.82, 2.24) is 4.98 Å². The number of carbonyl (C=O) groups excluding carboxylic acids is 1. The summed E-state index contributed by atoms with van der Waals surface area (Å²) >= 11 is 0. The van der Waals surface area contributed by atoms with Crippen LogP contribution in [0.1, 0.15) is 24.3 Å². The van der Waals surface area contributed by atoms with E-state index in [0.717, 1.165) is 22.3 Å². The molecule has 2 aromatic carbocycles. The smallest absolute Gasteiger partial charge is 0.277 e. The highest BCUT2D eigenvalue weighted by Gasteiger charge is 2.21. The minimum Gasteiger partial charge on any atom is -0.497 e. The molecule has 0 bridgehead atoms. The molecule has 0 aliphatic rings. The summed E-state index contributed by atoms with van der Waals surface area (Å²) in [6, 6.07) is 19.0. The monoisotopic (exact) mass is 320 g/mol. The van der Waals surface area contributed by atoms with Gasteiger partial charge in [0.15, 0.2) is 0 Å². The Morgan fingerprint density at radius 1 is 1.04 bits per heavy atom. The van der Waals surface area contributed by atoms with Gasteiger partial charge in [-0.1, -0.05) is 24.3 Å². The fourth-order valence-electron chi connectivity index (χ4n) is 2.71. The van der Waals surface area contributed by atoms with E-state index in [1.807, 2.05) is 68.4 Å². The van der Waals surface area contributed by atoms with E-state index >= 15 is 0 Å². The number of para-hydroxylation sites is 1. The number of fused-ring (bicyclic) bond motifs is 1. The van der Waals surface area contributed by atoms with Gasteiger partial charge in [-0.05, 0) is 50.2 Å². The third-order valence-electron chi connectivity index (χ3n) is 3.89. The van der Waals surface area contributed by atoms with Gasteiger partial charge in [-0.25, -0.2) is 4.98 Å². The van der Waals surface area contributed by atoms with Gasteiger partial charge in [-0.2, -0.15) is 0 Å². The normalized spacial score (nSPS) is 10.8. The average molecular weight is 320 g/mol. The number of nitrogens with zero attached hydrogens (tertiary/aromatic N) is 2. The van der Waals surface area contributed by atoms with Crippen molar-refractivity contribution in [3.05, 3.63) is 66.4 Å². The van der Waals surface area contributed by atoms with Crippen LogP contribution in [0.25, 0.3) is 10.9 Å². The van der Waals surface area contributed by atoms with Crippen molar-refractivity contribution in [2.75, 3.05) is 12.0 Å². The van der Waals surface area contributed by atoms with Crippen LogP contribution in [0.5, 0.6) is 5.75 Å². The van der Waals surface area contributed by atoms with Crippen LogP contribution in [0.15, 0.2) is 60.7 Å². The molecule has 0 saturated heterocycles. The molecule has 0 saturated carbocycles. The predicted molar refractivity (Wildman–Crippen MR) is 96.7 cm³/mol. The van der Waals surface area contributed by atoms with Crippen LogP contribution in [0.2, 0.25) is 0 Å². The molecule has 3 aromatic rings. The van der Waals surface area contributed by atoms with E-state index in [2.05, 4.69) is 4.98 Å². The topological polar surface area (TPSA) is 42.4 Å². The molecule has 0 aliphatic carbocycles. The molecular formula is C20H20N2O2. The highest BCUT2D eigenvalue weighted by Crippen LogP contribution is 2.22. The summed E-state index contributed by atoms with van der Waals surface area (Å²) in [7, 11) is 1.63. The first-order valence-corrected chi connectivity index (χ1v) is 7.93. The van der Waals surface area contributed by atoms with Crippen molar-refractivity contribution >= 4 is 22.5 Å². The highest BCUT2D eigenvalue weighted by atomic mass is 16.5. The Balaban J connectivity index is 2.00. The molecule has 0 spiro atoms. The molecule has 1 amide bonds. The molecule has 0 atom stereocenters. The fraction of sp³-hybridized carbons (Fsp3) is 0.200. The summed E-state index contributed by atoms with van der Waals surface area (Å²) in [6.07, 6.45) is 0. The predicted octanol–water partition coefficient (Wildman–Crippen LogP) is 4.30. The summed E-state index contributed by atoms with van der Waals surface area (Å²) in [5, 5.41) is 0.946. The van der Waals surface area contributed by atoms with Crippen molar-refractivity contribution in [2.24, 2.45) is 0 Å². The molecule has 0 aliphatic heterocycles. The minimum atomic E-state index is -0.103. The third kappa shape index (κ3) is 3.08. The zero-order valence-electron chi connectivity index (χ0n) is 14.1. The van der Waals surface area contributed by atoms with Crippen molar-refractivity contribution in [1.29, 1.82) is 0 Å². The Hall–Kier alpha value is -2.88. The van der Waals surface area contributed by atoms with Gasteiger partial charge in [-0.3, -0.25) is 4.79 Å². The van der Waals surface area contributed by atoms with E-state index in [1.54, 1.807) is 18.1 Å². The van der Waals surface area contributed by atoms with Crippen LogP contribution in [-0.4, -0.2) is 24.0 Å². The molecule has 1 aromatic heterocycles. The van der Waals surface area contributed by atoms with E-state index in [4.69, 9.17) is 4.74 Å². The number of rotatable bonds is 4. The van der Waals surface area contributed by atoms with Crippen molar-refractivity contribution in [2.45, 2.75) is 19.9 Å². The first-order chi connectivity index (χ1) is 11.6. The third-order valence-corrected chi connectivity index (χ3v) is 3.89. The van der Waals surface area contributed by atoms with Gasteiger partial charge < -0.3 is 9.64 Å². The van der Waals surface area contributed by atoms with Crippen molar-refractivity contribution in [3.8, 4) is 5.75 Å². The maximum absolute atomic E-state index is 13.0. The zero-order valence-corrected chi connectivity index (χ0v) is 14.1. The second-order valence-corrected chi connectivity index (χ2v) is 5.86. The first-order valence-electron chi connectivity index (χ1n) is 7.93. The lowest BCUT2D eigenvalue weighted by molar-refractivity contribution is 0.0976. The fourth-order valence-corrected chi connectivity index (χ4v) is 2.71. The summed E-state index contributed by atoms with van der Waals surface area (Å²) in [5.41, 5.74) is 2.08. The molecule has 1 heterocycles. The van der Waals surface area contributed by atoms with Gasteiger partial charge in [0, 0.05) is 17.1 Å². The van der Waals surface area contributed by atoms with Gasteiger partial charge in [0.1, 0.15) is 11.4 Å². The number of hydrogen-bond acceptors (Lipinski definition) is 3. The number of carbonyl (C=O) groups is 1. The molecule has 0 unspecified atom stereocenters. The van der Waals surface area contributed by atoms with Crippen LogP contribution in [0.4, 0.5) is 5.69 Å². The number of amides is 1. The second kappa shape index (κ2) is 6.71. The lowest BCUT2D eigenvalue weighted by atomic mass is 10.1. The van der Waals surface area contributed by atoms with Crippen LogP contribution >= 0.6 is 0 Å². The SMILES string of the molecule is COc1ccc2nc(C(=O)N(c3ccccc3)C(C)C)ccc2c1. The Morgan fingerprint density at radius 3 is 2.46 bits per heavy atom. The Kier molecular flexibility index (Phi) is 4.47. The molecular weight excluding hydrogens is 300 g/mol. The average Bonchev–Trinajstić information content (AvgIpc) is 2.61. The summed E-state index contributed by atoms with van der Waals surface area (Å²) in [6.45, 7) is 3.99. The van der Waals surface area contributed by atoms with E-state index in [0.29, 0.717) is 5.69 Å². The molecule has 24 heavy (non-hydrogen) atoms. The number of aromatic nitrogens is 1. The Morgan fingerprint density at radius 2 is 1.79 bits per heavy atom. The van der Waals surface area contributed by atoms with Gasteiger partial charge in [0.2, 0.25) is 0 Å². The number of methoxy groups -OCH3 is 1. The number of pyridine rings is 1. The standard InChI is InChI=1S/C20H20N2O2/c1-14(2)22(16-7-5-4-6-8-16)20(23)19-11-9-15-13-17(24-3)10-12-18(15)21-19/h4-14H,1-3H3. The van der Waals surface area contributed by atoms with Gasteiger partial charge in [0.25, 0.3) is 5.91 Å². The number of anilines is 1. The quantitative estimate of drug-likeness (QED) is 0.720. The molecule has 122 valence electrons. The minimum absolute atomic E-state index is 0.0354. The molecule has 4 heteroatoms. The second-order valence-electron chi connectivity index (χ2n) is 5.86. The van der Waals surface area contributed by atoms with E-state index in [9.17, 15) is 4.79 Å². The zero-order chi connectivity index (χ0) is 17.1. The Labute approximate surface area is 141 Å². The van der Waals surface area contributed by atoms with Crippen LogP contribution in [0, 0.1) is 0 Å². The maximum Gasteiger partial charge on any atom is 0.277 e. The molecule has 0 radical (unpaired) electrons. The van der Waals surface area contributed by atoms with Crippen LogP contribution in [0.3, 0.4) is 0 Å². The number of ether oxygens (including phenoxy) is 1.